The predicted octanol–water partition coefficient (Wildman–Crippen LogP) is 1.20. The van der Waals surface area contributed by atoms with Crippen LogP contribution in [0.1, 0.15) is 11.1 Å². The first-order chi connectivity index (χ1) is 22.9. The van der Waals surface area contributed by atoms with Crippen LogP contribution >= 0.6 is 0 Å². The van der Waals surface area contributed by atoms with Crippen LogP contribution in [0.5, 0.6) is 0 Å². The first-order valence-electron chi connectivity index (χ1n) is 13.2. The number of rotatable bonds is 17. The lowest BCUT2D eigenvalue weighted by atomic mass is 10.1. The summed E-state index contributed by atoms with van der Waals surface area (Å²) in [6.45, 7) is -0.982. The number of hydrogen-bond acceptors (Lipinski definition) is 18. The summed E-state index contributed by atoms with van der Waals surface area (Å²) in [5.41, 5.74) is -0.849. The Labute approximate surface area is 285 Å². The second kappa shape index (κ2) is 15.5. The molecule has 3 aromatic rings. The van der Waals surface area contributed by atoms with Crippen molar-refractivity contribution >= 4 is 84.7 Å². The van der Waals surface area contributed by atoms with E-state index in [9.17, 15) is 56.5 Å². The van der Waals surface area contributed by atoms with Gasteiger partial charge in [-0.3, -0.25) is 18.2 Å². The molecule has 0 aliphatic carbocycles. The Kier molecular flexibility index (Phi) is 12.6. The number of fused-ring (bicyclic) bond motifs is 1. The summed E-state index contributed by atoms with van der Waals surface area (Å²) in [7, 11) is -23.6. The zero-order valence-electron chi connectivity index (χ0n) is 25.1. The molecule has 0 aliphatic heterocycles. The van der Waals surface area contributed by atoms with Crippen molar-refractivity contribution in [3.05, 3.63) is 41.5 Å². The number of nitrogens with zero attached hydrogens (tertiary/aromatic N) is 4. The highest BCUT2D eigenvalue weighted by Gasteiger charge is 2.23. The second-order valence-corrected chi connectivity index (χ2v) is 17.0. The van der Waals surface area contributed by atoms with Crippen LogP contribution in [0.25, 0.3) is 10.8 Å². The highest BCUT2D eigenvalue weighted by atomic mass is 32.3. The van der Waals surface area contributed by atoms with Crippen LogP contribution in [-0.4, -0.2) is 103 Å². The Morgan fingerprint density at radius 1 is 0.760 bits per heavy atom. The van der Waals surface area contributed by atoms with Crippen LogP contribution in [0.3, 0.4) is 0 Å². The summed E-state index contributed by atoms with van der Waals surface area (Å²) in [5, 5.41) is 22.3. The molecule has 274 valence electrons. The molecule has 0 amide bonds. The van der Waals surface area contributed by atoms with Crippen molar-refractivity contribution in [2.24, 2.45) is 10.2 Å². The minimum absolute atomic E-state index is 0.00535. The Hall–Kier alpha value is -3.95. The maximum Gasteiger partial charge on any atom is 0.397 e. The topological polar surface area (TPSA) is 356 Å². The van der Waals surface area contributed by atoms with E-state index in [0.717, 1.165) is 30.3 Å². The minimum atomic E-state index is -5.01. The molecule has 50 heavy (non-hydrogen) atoms. The Bertz CT molecular complexity index is 2430. The zero-order chi connectivity index (χ0) is 37.7. The molecule has 0 spiro atoms. The van der Waals surface area contributed by atoms with E-state index in [2.05, 4.69) is 34.2 Å². The molecule has 27 heteroatoms. The van der Waals surface area contributed by atoms with E-state index >= 15 is 0 Å². The molecule has 0 saturated carbocycles. The summed E-state index contributed by atoms with van der Waals surface area (Å²) in [4.78, 5) is 2.64. The molecule has 6 N–H and O–H groups in total. The fourth-order valence-corrected chi connectivity index (χ4v) is 7.20. The fourth-order valence-electron chi connectivity index (χ4n) is 4.13. The standard InChI is InChI=1S/C23H26N6O16S5/c1-14-18(13-24)22(26-6-9-46(30,31)10-8-45-50(41,42)43)27-23(25-5-7-44-49(38,39)40)21(14)29-28-15-11-17-16(20(12-15)48(35,36)37)3-2-4-19(17)47(32,33)34/h2-4,11-12H,5-10H2,1H3,(H2,25,26,27)(H,32,33,34)(H,35,36,37)(H,38,39,40)(H,41,42,43). The van der Waals surface area contributed by atoms with Crippen molar-refractivity contribution in [3.8, 4) is 6.07 Å². The van der Waals surface area contributed by atoms with E-state index in [1.165, 1.54) is 6.92 Å². The summed E-state index contributed by atoms with van der Waals surface area (Å²) < 4.78 is 161. The summed E-state index contributed by atoms with van der Waals surface area (Å²) in [6, 6.07) is 6.91. The number of pyridine rings is 1. The Balaban J connectivity index is 2.08. The number of aromatic nitrogens is 1. The van der Waals surface area contributed by atoms with Gasteiger partial charge < -0.3 is 10.6 Å². The quantitative estimate of drug-likeness (QED) is 0.0634. The average Bonchev–Trinajstić information content (AvgIpc) is 2.96. The third-order valence-corrected chi connectivity index (χ3v) is 10.6. The zero-order valence-corrected chi connectivity index (χ0v) is 29.2. The van der Waals surface area contributed by atoms with Gasteiger partial charge in [0.1, 0.15) is 27.4 Å². The summed E-state index contributed by atoms with van der Waals surface area (Å²) in [5.74, 6) is -1.93. The molecule has 0 fully saturated rings. The molecular weight excluding hydrogens is 777 g/mol. The van der Waals surface area contributed by atoms with Gasteiger partial charge in [0.25, 0.3) is 20.2 Å². The smallest absolute Gasteiger partial charge is 0.368 e. The first-order valence-corrected chi connectivity index (χ1v) is 20.6. The SMILES string of the molecule is Cc1c(C#N)c(NCCS(=O)(=O)CCOS(=O)(=O)O)nc(NCCOS(=O)(=O)O)c1N=Nc1cc(S(=O)(=O)O)c2cccc(S(=O)(=O)O)c2c1. The van der Waals surface area contributed by atoms with Crippen molar-refractivity contribution in [3.63, 3.8) is 0 Å². The van der Waals surface area contributed by atoms with Gasteiger partial charge in [-0.2, -0.15) is 44.0 Å². The van der Waals surface area contributed by atoms with E-state index < -0.39 is 91.9 Å². The van der Waals surface area contributed by atoms with Crippen LogP contribution in [0.4, 0.5) is 23.0 Å². The Morgan fingerprint density at radius 3 is 1.94 bits per heavy atom. The molecule has 0 bridgehead atoms. The van der Waals surface area contributed by atoms with E-state index in [1.807, 2.05) is 6.07 Å². The molecule has 0 aliphatic rings. The highest BCUT2D eigenvalue weighted by Crippen LogP contribution is 2.37. The molecule has 3 rings (SSSR count). The molecule has 2 aromatic carbocycles. The Morgan fingerprint density at radius 2 is 1.36 bits per heavy atom. The van der Waals surface area contributed by atoms with Gasteiger partial charge in [0, 0.05) is 29.4 Å². The number of anilines is 2. The van der Waals surface area contributed by atoms with Gasteiger partial charge >= 0.3 is 20.8 Å². The number of benzene rings is 2. The van der Waals surface area contributed by atoms with E-state index in [-0.39, 0.29) is 51.5 Å². The first kappa shape index (κ1) is 40.5. The summed E-state index contributed by atoms with van der Waals surface area (Å²) in [6.07, 6.45) is 0. The third-order valence-electron chi connectivity index (χ3n) is 6.21. The van der Waals surface area contributed by atoms with Crippen molar-refractivity contribution in [2.45, 2.75) is 16.7 Å². The van der Waals surface area contributed by atoms with Crippen LogP contribution < -0.4 is 10.6 Å². The van der Waals surface area contributed by atoms with Crippen molar-refractivity contribution in [1.29, 1.82) is 5.26 Å². The van der Waals surface area contributed by atoms with Gasteiger partial charge in [0.2, 0.25) is 0 Å². The van der Waals surface area contributed by atoms with Crippen molar-refractivity contribution < 1.29 is 68.7 Å². The minimum Gasteiger partial charge on any atom is -0.368 e. The molecule has 1 aromatic heterocycles. The van der Waals surface area contributed by atoms with Gasteiger partial charge in [0.15, 0.2) is 15.7 Å². The lowest BCUT2D eigenvalue weighted by molar-refractivity contribution is 0.278. The van der Waals surface area contributed by atoms with Crippen molar-refractivity contribution in [1.82, 2.24) is 4.98 Å². The van der Waals surface area contributed by atoms with Gasteiger partial charge in [-0.1, -0.05) is 12.1 Å². The van der Waals surface area contributed by atoms with Gasteiger partial charge in [-0.15, -0.1) is 5.11 Å². The molecule has 1 heterocycles. The lowest BCUT2D eigenvalue weighted by Crippen LogP contribution is -2.23. The van der Waals surface area contributed by atoms with Crippen LogP contribution in [0, 0.1) is 18.3 Å². The van der Waals surface area contributed by atoms with Gasteiger partial charge in [-0.05, 0) is 25.1 Å². The monoisotopic (exact) mass is 802 g/mol. The van der Waals surface area contributed by atoms with E-state index in [4.69, 9.17) is 9.11 Å². The number of azo groups is 1. The normalized spacial score (nSPS) is 13.0. The number of sulfone groups is 1. The lowest BCUT2D eigenvalue weighted by Gasteiger charge is -2.15. The molecule has 0 radical (unpaired) electrons. The van der Waals surface area contributed by atoms with Crippen molar-refractivity contribution in [2.75, 3.05) is 48.4 Å². The molecule has 22 nitrogen and oxygen atoms in total. The van der Waals surface area contributed by atoms with Crippen LogP contribution in [0.2, 0.25) is 0 Å². The van der Waals surface area contributed by atoms with Gasteiger partial charge in [0.05, 0.1) is 36.0 Å². The number of nitrogens with one attached hydrogen (secondary N) is 2. The maximum atomic E-state index is 12.3. The van der Waals surface area contributed by atoms with Gasteiger partial charge in [-0.25, -0.2) is 21.8 Å². The average molecular weight is 803 g/mol. The largest absolute Gasteiger partial charge is 0.397 e. The molecule has 0 atom stereocenters. The highest BCUT2D eigenvalue weighted by molar-refractivity contribution is 7.91. The fraction of sp³-hybridized carbons (Fsp3) is 0.304. The molecular formula is C23H26N6O16S5. The maximum absolute atomic E-state index is 12.3. The van der Waals surface area contributed by atoms with Crippen LogP contribution in [0.15, 0.2) is 50.4 Å². The molecule has 0 saturated heterocycles. The predicted molar refractivity (Wildman–Crippen MR) is 172 cm³/mol. The summed E-state index contributed by atoms with van der Waals surface area (Å²) >= 11 is 0. The number of nitriles is 1. The number of hydrogen-bond donors (Lipinski definition) is 6. The second-order valence-electron chi connectivity index (χ2n) is 9.72. The third kappa shape index (κ3) is 11.6. The van der Waals surface area contributed by atoms with E-state index in [1.54, 1.807) is 0 Å². The van der Waals surface area contributed by atoms with E-state index in [0.29, 0.717) is 0 Å². The van der Waals surface area contributed by atoms with Crippen LogP contribution in [-0.2, 0) is 59.2 Å². The molecule has 0 unspecified atom stereocenters.